The molecule has 10 nitrogen and oxygen atoms in total. The molecule has 0 saturated carbocycles. The van der Waals surface area contributed by atoms with E-state index >= 15 is 0 Å². The second-order valence-corrected chi connectivity index (χ2v) is 12.9. The topological polar surface area (TPSA) is 114 Å². The van der Waals surface area contributed by atoms with Crippen LogP contribution in [0.1, 0.15) is 66.5 Å². The van der Waals surface area contributed by atoms with Gasteiger partial charge in [0.15, 0.2) is 11.7 Å². The van der Waals surface area contributed by atoms with Crippen molar-refractivity contribution in [2.45, 2.75) is 79.7 Å². The lowest BCUT2D eigenvalue weighted by Gasteiger charge is -2.40. The maximum absolute atomic E-state index is 14.3. The number of nitro benzene ring substituents is 1. The highest BCUT2D eigenvalue weighted by molar-refractivity contribution is 7.38. The van der Waals surface area contributed by atoms with E-state index in [0.717, 1.165) is 5.56 Å². The van der Waals surface area contributed by atoms with E-state index in [-0.39, 0.29) is 44.2 Å². The van der Waals surface area contributed by atoms with Gasteiger partial charge < -0.3 is 14.4 Å². The number of rotatable bonds is 14. The number of esters is 1. The van der Waals surface area contributed by atoms with Crippen LogP contribution in [0.3, 0.4) is 0 Å². The highest BCUT2D eigenvalue weighted by Crippen LogP contribution is 2.45. The van der Waals surface area contributed by atoms with Crippen LogP contribution in [0.15, 0.2) is 65.9 Å². The second kappa shape index (κ2) is 15.7. The van der Waals surface area contributed by atoms with Gasteiger partial charge in [-0.2, -0.15) is 0 Å². The second-order valence-electron chi connectivity index (χ2n) is 12.3. The van der Waals surface area contributed by atoms with Gasteiger partial charge in [0.25, 0.3) is 5.69 Å². The van der Waals surface area contributed by atoms with Crippen LogP contribution < -0.4 is 0 Å². The molecule has 3 atom stereocenters. The van der Waals surface area contributed by atoms with Crippen LogP contribution in [0.25, 0.3) is 0 Å². The van der Waals surface area contributed by atoms with Crippen molar-refractivity contribution in [2.75, 3.05) is 20.2 Å². The predicted molar refractivity (Wildman–Crippen MR) is 177 cm³/mol. The Hall–Kier alpha value is -3.43. The van der Waals surface area contributed by atoms with E-state index in [4.69, 9.17) is 14.3 Å². The van der Waals surface area contributed by atoms with Gasteiger partial charge in [-0.25, -0.2) is 4.79 Å². The number of nitro groups is 1. The maximum atomic E-state index is 14.3. The Morgan fingerprint density at radius 2 is 1.67 bits per heavy atom. The van der Waals surface area contributed by atoms with E-state index < -0.39 is 22.6 Å². The first-order valence-electron chi connectivity index (χ1n) is 15.3. The lowest BCUT2D eigenvalue weighted by Crippen LogP contribution is -2.54. The number of carbonyl (C=O) groups is 1. The average molecular weight is 641 g/mol. The molecular weight excluding hydrogens is 593 g/mol. The summed E-state index contributed by atoms with van der Waals surface area (Å²) < 4.78 is 14.3. The number of likely N-dealkylation sites (N-methyl/N-ethyl adjacent to an activating group) is 1. The molecule has 2 aromatic carbocycles. The number of hydrogen-bond donors (Lipinski definition) is 1. The Labute approximate surface area is 268 Å². The summed E-state index contributed by atoms with van der Waals surface area (Å²) in [6, 6.07) is 16.0. The number of hydroxylamine groups is 1. The van der Waals surface area contributed by atoms with Crippen LogP contribution in [0.4, 0.5) is 5.69 Å². The zero-order valence-corrected chi connectivity index (χ0v) is 28.7. The van der Waals surface area contributed by atoms with Crippen molar-refractivity contribution in [3.05, 3.63) is 87.1 Å². The van der Waals surface area contributed by atoms with Crippen molar-refractivity contribution in [1.82, 2.24) is 4.90 Å². The summed E-state index contributed by atoms with van der Waals surface area (Å²) >= 11 is 0. The molecule has 0 amide bonds. The summed E-state index contributed by atoms with van der Waals surface area (Å²) in [6.45, 7) is 16.6. The molecule has 0 saturated heterocycles. The minimum atomic E-state index is -1.70. The predicted octanol–water partition coefficient (Wildman–Crippen LogP) is 6.29. The first-order chi connectivity index (χ1) is 21.2. The third-order valence-corrected chi connectivity index (χ3v) is 9.12. The Morgan fingerprint density at radius 1 is 1.02 bits per heavy atom. The third-order valence-electron chi connectivity index (χ3n) is 8.28. The van der Waals surface area contributed by atoms with Gasteiger partial charge >= 0.3 is 5.97 Å². The maximum Gasteiger partial charge on any atom is 0.344 e. The average Bonchev–Trinajstić information content (AvgIpc) is 2.99. The zero-order chi connectivity index (χ0) is 33.5. The number of allylic oxidation sites excluding steroid dienone is 1. The highest BCUT2D eigenvalue weighted by atomic mass is 31.1. The molecule has 3 rings (SSSR count). The standard InChI is InChI=1S/C34H46N3O7P/c1-22(2)26(7)43-34(29-16-13-17-30(20-29)37(39)40)31(24(5)36(25(6)32(34)45-41)44-27(8)23(3)4)33(38)42-19-18-35(9)21-28-14-11-10-12-15-28/h10-17,20,22-23,26-27H,18-19,21H2,1-9H3/p+1. The van der Waals surface area contributed by atoms with Gasteiger partial charge in [0, 0.05) is 49.4 Å². The van der Waals surface area contributed by atoms with Crippen LogP contribution in [-0.4, -0.2) is 68.8 Å². The van der Waals surface area contributed by atoms with Gasteiger partial charge in [0.2, 0.25) is 11.4 Å². The first-order valence-corrected chi connectivity index (χ1v) is 16.2. The fourth-order valence-corrected chi connectivity index (χ4v) is 5.69. The Bertz CT molecular complexity index is 1450. The van der Waals surface area contributed by atoms with Crippen molar-refractivity contribution in [3.8, 4) is 0 Å². The molecule has 0 radical (unpaired) electrons. The van der Waals surface area contributed by atoms with Gasteiger partial charge in [0.05, 0.1) is 19.5 Å². The fourth-order valence-electron chi connectivity index (χ4n) is 5.02. The van der Waals surface area contributed by atoms with Crippen LogP contribution in [0, 0.1) is 22.0 Å². The summed E-state index contributed by atoms with van der Waals surface area (Å²) in [4.78, 5) is 45.1. The largest absolute Gasteiger partial charge is 0.461 e. The molecule has 3 unspecified atom stereocenters. The number of non-ortho nitro benzene ring substituents is 1. The number of hydrogen-bond acceptors (Lipinski definition) is 8. The molecule has 45 heavy (non-hydrogen) atoms. The highest BCUT2D eigenvalue weighted by Gasteiger charge is 2.57. The van der Waals surface area contributed by atoms with Gasteiger partial charge in [-0.1, -0.05) is 70.2 Å². The van der Waals surface area contributed by atoms with Crippen molar-refractivity contribution in [1.29, 1.82) is 0 Å². The van der Waals surface area contributed by atoms with Crippen LogP contribution >= 0.6 is 8.43 Å². The fraction of sp³-hybridized carbons (Fsp3) is 0.500. The molecule has 11 heteroatoms. The molecule has 0 aliphatic carbocycles. The smallest absolute Gasteiger partial charge is 0.344 e. The molecule has 2 aromatic rings. The third kappa shape index (κ3) is 8.24. The molecule has 1 aliphatic rings. The van der Waals surface area contributed by atoms with Gasteiger partial charge in [-0.3, -0.25) is 19.9 Å². The van der Waals surface area contributed by atoms with E-state index in [9.17, 15) is 19.8 Å². The Kier molecular flexibility index (Phi) is 12.6. The molecule has 0 fully saturated rings. The number of nitrogens with zero attached hydrogens (tertiary/aromatic N) is 3. The van der Waals surface area contributed by atoms with Gasteiger partial charge in [0.1, 0.15) is 17.5 Å². The van der Waals surface area contributed by atoms with Gasteiger partial charge in [-0.15, -0.1) is 0 Å². The molecule has 1 aliphatic heterocycles. The van der Waals surface area contributed by atoms with E-state index in [0.29, 0.717) is 35.4 Å². The SMILES string of the molecule is CC1=C(C(=O)OCCN(C)Cc2ccccc2)C(OC(C)C(C)C)(c2cccc([N+](=O)[O-])c2)C(=PO)C(C)=[N+]1OC(C)C(C)C. The van der Waals surface area contributed by atoms with Crippen molar-refractivity contribution < 1.29 is 33.7 Å². The van der Waals surface area contributed by atoms with Crippen molar-refractivity contribution >= 4 is 31.1 Å². The molecule has 0 spiro atoms. The monoisotopic (exact) mass is 640 g/mol. The molecule has 0 aromatic heterocycles. The first kappa shape index (κ1) is 36.0. The minimum absolute atomic E-state index is 0.0111. The Balaban J connectivity index is 2.19. The molecule has 244 valence electrons. The molecule has 1 N–H and O–H groups in total. The van der Waals surface area contributed by atoms with Crippen molar-refractivity contribution in [2.24, 2.45) is 11.8 Å². The van der Waals surface area contributed by atoms with Gasteiger partial charge in [-0.05, 0) is 38.3 Å². The van der Waals surface area contributed by atoms with E-state index in [2.05, 4.69) is 4.90 Å². The van der Waals surface area contributed by atoms with E-state index in [1.54, 1.807) is 30.7 Å². The molecule has 0 bridgehead atoms. The van der Waals surface area contributed by atoms with Crippen molar-refractivity contribution in [3.63, 3.8) is 0 Å². The van der Waals surface area contributed by atoms with Crippen LogP contribution in [0.5, 0.6) is 0 Å². The van der Waals surface area contributed by atoms with Crippen LogP contribution in [0.2, 0.25) is 0 Å². The quantitative estimate of drug-likeness (QED) is 0.0843. The lowest BCUT2D eigenvalue weighted by molar-refractivity contribution is -0.765. The lowest BCUT2D eigenvalue weighted by atomic mass is 9.77. The summed E-state index contributed by atoms with van der Waals surface area (Å²) in [5.74, 6) is -0.503. The summed E-state index contributed by atoms with van der Waals surface area (Å²) in [5, 5.41) is 12.2. The minimum Gasteiger partial charge on any atom is -0.461 e. The summed E-state index contributed by atoms with van der Waals surface area (Å²) in [6.07, 6.45) is -0.667. The molecule has 1 heterocycles. The zero-order valence-electron chi connectivity index (χ0n) is 27.8. The van der Waals surface area contributed by atoms with Crippen LogP contribution in [-0.2, 0) is 31.3 Å². The van der Waals surface area contributed by atoms with E-state index in [1.165, 1.54) is 12.1 Å². The summed E-state index contributed by atoms with van der Waals surface area (Å²) in [5.41, 5.74) is 0.636. The Morgan fingerprint density at radius 3 is 2.24 bits per heavy atom. The normalized spacial score (nSPS) is 19.4. The number of ether oxygens (including phenoxy) is 2. The molecular formula is C34H47N3O7P+. The number of carbonyl (C=O) groups excluding carboxylic acids is 1. The van der Waals surface area contributed by atoms with E-state index in [1.807, 2.05) is 78.9 Å². The number of benzene rings is 2. The summed E-state index contributed by atoms with van der Waals surface area (Å²) in [7, 11) is 1.76.